The highest BCUT2D eigenvalue weighted by Crippen LogP contribution is 2.41. The second-order valence-corrected chi connectivity index (χ2v) is 8.68. The van der Waals surface area contributed by atoms with E-state index in [0.717, 1.165) is 18.4 Å². The van der Waals surface area contributed by atoms with Crippen molar-refractivity contribution in [3.8, 4) is 0 Å². The van der Waals surface area contributed by atoms with E-state index in [1.54, 1.807) is 0 Å². The van der Waals surface area contributed by atoms with Crippen molar-refractivity contribution in [2.24, 2.45) is 23.5 Å². The quantitative estimate of drug-likeness (QED) is 0.868. The van der Waals surface area contributed by atoms with Gasteiger partial charge in [0.1, 0.15) is 0 Å². The summed E-state index contributed by atoms with van der Waals surface area (Å²) in [6.45, 7) is 17.0. The van der Waals surface area contributed by atoms with Crippen LogP contribution in [-0.4, -0.2) is 41.8 Å². The van der Waals surface area contributed by atoms with Gasteiger partial charge in [0, 0.05) is 18.5 Å². The third kappa shape index (κ3) is 3.80. The van der Waals surface area contributed by atoms with Crippen molar-refractivity contribution in [2.75, 3.05) is 19.6 Å². The van der Waals surface area contributed by atoms with Crippen LogP contribution in [0.4, 0.5) is 0 Å². The van der Waals surface area contributed by atoms with Gasteiger partial charge in [0.25, 0.3) is 0 Å². The topological polar surface area (TPSA) is 38.5 Å². The molecule has 0 aliphatic carbocycles. The first-order valence-corrected chi connectivity index (χ1v) is 8.81. The maximum Gasteiger partial charge on any atom is 0.0788 e. The minimum atomic E-state index is -0.208. The summed E-state index contributed by atoms with van der Waals surface area (Å²) in [6, 6.07) is 0.122. The van der Waals surface area contributed by atoms with Gasteiger partial charge in [0.2, 0.25) is 0 Å². The van der Waals surface area contributed by atoms with Crippen LogP contribution in [0.5, 0.6) is 0 Å². The zero-order valence-electron chi connectivity index (χ0n) is 15.0. The number of hydrogen-bond donors (Lipinski definition) is 1. The van der Waals surface area contributed by atoms with Gasteiger partial charge >= 0.3 is 0 Å². The lowest BCUT2D eigenvalue weighted by Gasteiger charge is -2.32. The molecule has 2 saturated heterocycles. The minimum absolute atomic E-state index is 0.118. The Hall–Kier alpha value is -0.120. The van der Waals surface area contributed by atoms with E-state index >= 15 is 0 Å². The molecule has 0 spiro atoms. The van der Waals surface area contributed by atoms with Crippen molar-refractivity contribution < 1.29 is 4.74 Å². The van der Waals surface area contributed by atoms with Crippen LogP contribution in [0.15, 0.2) is 0 Å². The van der Waals surface area contributed by atoms with Crippen LogP contribution in [0, 0.1) is 17.8 Å². The number of ether oxygens (including phenoxy) is 1. The van der Waals surface area contributed by atoms with Crippen LogP contribution in [0.1, 0.15) is 60.8 Å². The van der Waals surface area contributed by atoms with Crippen molar-refractivity contribution in [3.63, 3.8) is 0 Å². The fourth-order valence-electron chi connectivity index (χ4n) is 4.38. The summed E-state index contributed by atoms with van der Waals surface area (Å²) in [7, 11) is 0. The Morgan fingerprint density at radius 3 is 2.29 bits per heavy atom. The Labute approximate surface area is 131 Å². The van der Waals surface area contributed by atoms with E-state index < -0.39 is 0 Å². The van der Waals surface area contributed by atoms with E-state index in [2.05, 4.69) is 46.4 Å². The highest BCUT2D eigenvalue weighted by Gasteiger charge is 2.52. The lowest BCUT2D eigenvalue weighted by molar-refractivity contribution is -0.0784. The number of nitrogens with two attached hydrogens (primary N) is 1. The molecule has 2 aliphatic rings. The Bertz CT molecular complexity index is 351. The van der Waals surface area contributed by atoms with E-state index in [4.69, 9.17) is 10.5 Å². The molecule has 2 aliphatic heterocycles. The zero-order chi connectivity index (χ0) is 15.8. The first kappa shape index (κ1) is 17.2. The van der Waals surface area contributed by atoms with Gasteiger partial charge in [0.05, 0.1) is 11.2 Å². The molecule has 0 aromatic heterocycles. The molecule has 0 saturated carbocycles. The summed E-state index contributed by atoms with van der Waals surface area (Å²) < 4.78 is 6.24. The van der Waals surface area contributed by atoms with Crippen molar-refractivity contribution in [1.82, 2.24) is 4.90 Å². The summed E-state index contributed by atoms with van der Waals surface area (Å²) in [5.41, 5.74) is 6.19. The van der Waals surface area contributed by atoms with E-state index in [-0.39, 0.29) is 17.2 Å². The first-order valence-electron chi connectivity index (χ1n) is 8.81. The van der Waals surface area contributed by atoms with Crippen LogP contribution in [-0.2, 0) is 4.74 Å². The van der Waals surface area contributed by atoms with Crippen molar-refractivity contribution in [1.29, 1.82) is 0 Å². The summed E-state index contributed by atoms with van der Waals surface area (Å²) in [6.07, 6.45) is 4.05. The largest absolute Gasteiger partial charge is 0.368 e. The number of rotatable bonds is 3. The Kier molecular flexibility index (Phi) is 5.07. The SMILES string of the molecule is CC(C)C1CCCN(CC2C(N)C(C)(C)OC2(C)C)CC1. The predicted molar refractivity (Wildman–Crippen MR) is 89.3 cm³/mol. The maximum atomic E-state index is 6.51. The molecule has 21 heavy (non-hydrogen) atoms. The number of likely N-dealkylation sites (tertiary alicyclic amines) is 1. The third-order valence-corrected chi connectivity index (χ3v) is 5.92. The van der Waals surface area contributed by atoms with Gasteiger partial charge in [-0.1, -0.05) is 13.8 Å². The average molecular weight is 296 g/mol. The van der Waals surface area contributed by atoms with Gasteiger partial charge in [-0.05, 0) is 71.9 Å². The first-order chi connectivity index (χ1) is 9.63. The van der Waals surface area contributed by atoms with Gasteiger partial charge in [-0.3, -0.25) is 0 Å². The fraction of sp³-hybridized carbons (Fsp3) is 1.00. The van der Waals surface area contributed by atoms with Crippen molar-refractivity contribution in [2.45, 2.75) is 78.0 Å². The van der Waals surface area contributed by atoms with Crippen LogP contribution >= 0.6 is 0 Å². The van der Waals surface area contributed by atoms with E-state index in [9.17, 15) is 0 Å². The lowest BCUT2D eigenvalue weighted by Crippen LogP contribution is -2.48. The molecule has 0 radical (unpaired) electrons. The fourth-order valence-corrected chi connectivity index (χ4v) is 4.38. The van der Waals surface area contributed by atoms with Gasteiger partial charge in [-0.2, -0.15) is 0 Å². The van der Waals surface area contributed by atoms with Gasteiger partial charge < -0.3 is 15.4 Å². The van der Waals surface area contributed by atoms with Crippen LogP contribution in [0.3, 0.4) is 0 Å². The Morgan fingerprint density at radius 1 is 1.10 bits per heavy atom. The summed E-state index contributed by atoms with van der Waals surface area (Å²) in [4.78, 5) is 2.64. The molecule has 0 amide bonds. The maximum absolute atomic E-state index is 6.51. The molecule has 0 aromatic rings. The molecule has 2 fully saturated rings. The second-order valence-electron chi connectivity index (χ2n) is 8.68. The Morgan fingerprint density at radius 2 is 1.76 bits per heavy atom. The number of hydrogen-bond acceptors (Lipinski definition) is 3. The average Bonchev–Trinajstić information content (AvgIpc) is 2.54. The Balaban J connectivity index is 1.98. The monoisotopic (exact) mass is 296 g/mol. The molecule has 3 heteroatoms. The smallest absolute Gasteiger partial charge is 0.0788 e. The molecule has 2 N–H and O–H groups in total. The van der Waals surface area contributed by atoms with Crippen LogP contribution in [0.2, 0.25) is 0 Å². The standard InChI is InChI=1S/C18H36N2O/c1-13(2)14-8-7-10-20(11-9-14)12-15-16(19)18(5,6)21-17(15,3)4/h13-16H,7-12,19H2,1-6H3. The minimum Gasteiger partial charge on any atom is -0.368 e. The zero-order valence-corrected chi connectivity index (χ0v) is 15.0. The molecular weight excluding hydrogens is 260 g/mol. The molecule has 0 bridgehead atoms. The summed E-state index contributed by atoms with van der Waals surface area (Å²) in [5, 5.41) is 0. The van der Waals surface area contributed by atoms with E-state index in [1.807, 2.05) is 0 Å². The van der Waals surface area contributed by atoms with Crippen LogP contribution in [0.25, 0.3) is 0 Å². The van der Waals surface area contributed by atoms with Crippen molar-refractivity contribution in [3.05, 3.63) is 0 Å². The highest BCUT2D eigenvalue weighted by atomic mass is 16.5. The molecule has 0 aromatic carbocycles. The third-order valence-electron chi connectivity index (χ3n) is 5.92. The lowest BCUT2D eigenvalue weighted by atomic mass is 9.82. The highest BCUT2D eigenvalue weighted by molar-refractivity contribution is 5.04. The van der Waals surface area contributed by atoms with Crippen LogP contribution < -0.4 is 5.73 Å². The molecule has 124 valence electrons. The second kappa shape index (κ2) is 6.17. The van der Waals surface area contributed by atoms with Gasteiger partial charge in [0.15, 0.2) is 0 Å². The summed E-state index contributed by atoms with van der Waals surface area (Å²) in [5.74, 6) is 2.13. The molecular formula is C18H36N2O. The van der Waals surface area contributed by atoms with Gasteiger partial charge in [-0.25, -0.2) is 0 Å². The molecule has 2 heterocycles. The molecule has 2 rings (SSSR count). The summed E-state index contributed by atoms with van der Waals surface area (Å²) >= 11 is 0. The normalized spacial score (nSPS) is 36.9. The molecule has 3 atom stereocenters. The van der Waals surface area contributed by atoms with E-state index in [1.165, 1.54) is 32.4 Å². The van der Waals surface area contributed by atoms with Gasteiger partial charge in [-0.15, -0.1) is 0 Å². The van der Waals surface area contributed by atoms with E-state index in [0.29, 0.717) is 5.92 Å². The molecule has 3 unspecified atom stereocenters. The van der Waals surface area contributed by atoms with Crippen molar-refractivity contribution >= 4 is 0 Å². The molecule has 3 nitrogen and oxygen atoms in total. The predicted octanol–water partition coefficient (Wildman–Crippen LogP) is 3.28. The number of nitrogens with zero attached hydrogens (tertiary/aromatic N) is 1.